The summed E-state index contributed by atoms with van der Waals surface area (Å²) in [6.45, 7) is 2.28. The van der Waals surface area contributed by atoms with E-state index in [0.717, 1.165) is 18.2 Å². The van der Waals surface area contributed by atoms with Crippen LogP contribution in [0.25, 0.3) is 0 Å². The third kappa shape index (κ3) is 7.40. The van der Waals surface area contributed by atoms with Crippen LogP contribution >= 0.6 is 11.8 Å². The van der Waals surface area contributed by atoms with Crippen LogP contribution in [-0.4, -0.2) is 35.9 Å². The molecule has 0 saturated heterocycles. The van der Waals surface area contributed by atoms with Crippen LogP contribution in [0, 0.1) is 5.82 Å². The summed E-state index contributed by atoms with van der Waals surface area (Å²) < 4.78 is 17.9. The SMILES string of the molecule is CCCOC(=O)c1ccc(NC(=O)CSCC(=O)Nc2ccc(F)cc2)cc1. The molecule has 0 fully saturated rings. The normalized spacial score (nSPS) is 10.2. The van der Waals surface area contributed by atoms with Gasteiger partial charge >= 0.3 is 5.97 Å². The van der Waals surface area contributed by atoms with Crippen molar-refractivity contribution in [1.29, 1.82) is 0 Å². The van der Waals surface area contributed by atoms with E-state index in [9.17, 15) is 18.8 Å². The van der Waals surface area contributed by atoms with Crippen LogP contribution in [0.5, 0.6) is 0 Å². The zero-order valence-corrected chi connectivity index (χ0v) is 16.2. The average Bonchev–Trinajstić information content (AvgIpc) is 2.68. The Morgan fingerprint density at radius 2 is 1.39 bits per heavy atom. The van der Waals surface area contributed by atoms with E-state index in [1.54, 1.807) is 24.3 Å². The van der Waals surface area contributed by atoms with Crippen molar-refractivity contribution >= 4 is 40.9 Å². The van der Waals surface area contributed by atoms with Gasteiger partial charge in [-0.1, -0.05) is 6.92 Å². The molecule has 148 valence electrons. The van der Waals surface area contributed by atoms with E-state index in [4.69, 9.17) is 4.74 Å². The van der Waals surface area contributed by atoms with Crippen molar-refractivity contribution in [3.8, 4) is 0 Å². The van der Waals surface area contributed by atoms with Gasteiger partial charge in [-0.05, 0) is 55.0 Å². The minimum absolute atomic E-state index is 0.0903. The molecule has 0 heterocycles. The van der Waals surface area contributed by atoms with E-state index in [0.29, 0.717) is 23.5 Å². The van der Waals surface area contributed by atoms with Crippen molar-refractivity contribution in [1.82, 2.24) is 0 Å². The fraction of sp³-hybridized carbons (Fsp3) is 0.250. The summed E-state index contributed by atoms with van der Waals surface area (Å²) in [5, 5.41) is 5.32. The van der Waals surface area contributed by atoms with Gasteiger partial charge in [-0.2, -0.15) is 0 Å². The van der Waals surface area contributed by atoms with Crippen LogP contribution in [0.3, 0.4) is 0 Å². The first kappa shape index (κ1) is 21.4. The van der Waals surface area contributed by atoms with Gasteiger partial charge in [0.1, 0.15) is 5.82 Å². The third-order valence-electron chi connectivity index (χ3n) is 3.44. The first-order valence-corrected chi connectivity index (χ1v) is 9.83. The fourth-order valence-electron chi connectivity index (χ4n) is 2.13. The molecule has 0 aromatic heterocycles. The lowest BCUT2D eigenvalue weighted by Crippen LogP contribution is -2.18. The lowest BCUT2D eigenvalue weighted by atomic mass is 10.2. The van der Waals surface area contributed by atoms with Crippen LogP contribution in [0.2, 0.25) is 0 Å². The van der Waals surface area contributed by atoms with Gasteiger partial charge < -0.3 is 15.4 Å². The third-order valence-corrected chi connectivity index (χ3v) is 4.37. The van der Waals surface area contributed by atoms with Gasteiger partial charge in [0, 0.05) is 11.4 Å². The second-order valence-corrected chi connectivity index (χ2v) is 6.79. The summed E-state index contributed by atoms with van der Waals surface area (Å²) in [4.78, 5) is 35.5. The molecule has 2 N–H and O–H groups in total. The summed E-state index contributed by atoms with van der Waals surface area (Å²) in [5.41, 5.74) is 1.46. The highest BCUT2D eigenvalue weighted by Gasteiger charge is 2.09. The number of benzene rings is 2. The Balaban J connectivity index is 1.71. The molecule has 0 radical (unpaired) electrons. The first-order valence-electron chi connectivity index (χ1n) is 8.68. The monoisotopic (exact) mass is 404 g/mol. The number of esters is 1. The standard InChI is InChI=1S/C20H21FN2O4S/c1-2-11-27-20(26)14-3-7-16(8-4-14)22-18(24)12-28-13-19(25)23-17-9-5-15(21)6-10-17/h3-10H,2,11-13H2,1H3,(H,22,24)(H,23,25). The lowest BCUT2D eigenvalue weighted by Gasteiger charge is -2.07. The minimum Gasteiger partial charge on any atom is -0.462 e. The van der Waals surface area contributed by atoms with E-state index < -0.39 is 5.97 Å². The van der Waals surface area contributed by atoms with E-state index in [1.807, 2.05) is 6.92 Å². The Morgan fingerprint density at radius 3 is 1.89 bits per heavy atom. The van der Waals surface area contributed by atoms with Crippen molar-refractivity contribution in [3.63, 3.8) is 0 Å². The zero-order valence-electron chi connectivity index (χ0n) is 15.4. The maximum atomic E-state index is 12.8. The summed E-state index contributed by atoms with van der Waals surface area (Å²) in [6, 6.07) is 11.8. The number of nitrogens with one attached hydrogen (secondary N) is 2. The molecule has 0 aliphatic rings. The lowest BCUT2D eigenvalue weighted by molar-refractivity contribution is -0.114. The first-order chi connectivity index (χ1) is 13.5. The molecule has 2 aromatic rings. The van der Waals surface area contributed by atoms with E-state index >= 15 is 0 Å². The van der Waals surface area contributed by atoms with Gasteiger partial charge in [0.2, 0.25) is 11.8 Å². The average molecular weight is 404 g/mol. The summed E-state index contributed by atoms with van der Waals surface area (Å²) in [5.74, 6) is -1.14. The number of carbonyl (C=O) groups excluding carboxylic acids is 3. The summed E-state index contributed by atoms with van der Waals surface area (Å²) in [6.07, 6.45) is 0.749. The predicted octanol–water partition coefficient (Wildman–Crippen LogP) is 3.70. The molecule has 0 bridgehead atoms. The molecular formula is C20H21FN2O4S. The van der Waals surface area contributed by atoms with Gasteiger partial charge in [0.05, 0.1) is 23.7 Å². The Bertz CT molecular complexity index is 810. The smallest absolute Gasteiger partial charge is 0.338 e. The molecule has 2 aromatic carbocycles. The fourth-order valence-corrected chi connectivity index (χ4v) is 2.75. The second-order valence-electron chi connectivity index (χ2n) is 5.81. The van der Waals surface area contributed by atoms with E-state index in [-0.39, 0.29) is 29.1 Å². The zero-order chi connectivity index (χ0) is 20.4. The van der Waals surface area contributed by atoms with Gasteiger partial charge in [-0.25, -0.2) is 9.18 Å². The maximum Gasteiger partial charge on any atom is 0.338 e. The van der Waals surface area contributed by atoms with Crippen molar-refractivity contribution in [2.45, 2.75) is 13.3 Å². The quantitative estimate of drug-likeness (QED) is 0.623. The Labute approximate surface area is 166 Å². The van der Waals surface area contributed by atoms with Crippen LogP contribution in [0.15, 0.2) is 48.5 Å². The van der Waals surface area contributed by atoms with Gasteiger partial charge in [-0.15, -0.1) is 11.8 Å². The van der Waals surface area contributed by atoms with Crippen LogP contribution in [0.4, 0.5) is 15.8 Å². The molecule has 28 heavy (non-hydrogen) atoms. The topological polar surface area (TPSA) is 84.5 Å². The molecular weight excluding hydrogens is 383 g/mol. The highest BCUT2D eigenvalue weighted by Crippen LogP contribution is 2.13. The molecule has 0 aliphatic carbocycles. The molecule has 8 heteroatoms. The number of rotatable bonds is 9. The minimum atomic E-state index is -0.401. The molecule has 2 rings (SSSR count). The highest BCUT2D eigenvalue weighted by molar-refractivity contribution is 8.00. The Morgan fingerprint density at radius 1 is 0.893 bits per heavy atom. The van der Waals surface area contributed by atoms with Crippen molar-refractivity contribution in [2.75, 3.05) is 28.7 Å². The predicted molar refractivity (Wildman–Crippen MR) is 108 cm³/mol. The van der Waals surface area contributed by atoms with Gasteiger partial charge in [0.25, 0.3) is 0 Å². The summed E-state index contributed by atoms with van der Waals surface area (Å²) in [7, 11) is 0. The molecule has 0 atom stereocenters. The number of carbonyl (C=O) groups is 3. The molecule has 2 amide bonds. The van der Waals surface area contributed by atoms with E-state index in [2.05, 4.69) is 10.6 Å². The van der Waals surface area contributed by atoms with Crippen LogP contribution in [0.1, 0.15) is 23.7 Å². The highest BCUT2D eigenvalue weighted by atomic mass is 32.2. The number of ether oxygens (including phenoxy) is 1. The molecule has 6 nitrogen and oxygen atoms in total. The number of thioether (sulfide) groups is 1. The number of halogens is 1. The maximum absolute atomic E-state index is 12.8. The van der Waals surface area contributed by atoms with Gasteiger partial charge in [0.15, 0.2) is 0 Å². The van der Waals surface area contributed by atoms with Crippen molar-refractivity contribution < 1.29 is 23.5 Å². The van der Waals surface area contributed by atoms with Crippen molar-refractivity contribution in [2.24, 2.45) is 0 Å². The second kappa shape index (κ2) is 11.1. The number of amides is 2. The largest absolute Gasteiger partial charge is 0.462 e. The van der Waals surface area contributed by atoms with E-state index in [1.165, 1.54) is 24.3 Å². The van der Waals surface area contributed by atoms with Crippen molar-refractivity contribution in [3.05, 3.63) is 59.9 Å². The van der Waals surface area contributed by atoms with Gasteiger partial charge in [-0.3, -0.25) is 9.59 Å². The molecule has 0 spiro atoms. The Hall–Kier alpha value is -2.87. The summed E-state index contributed by atoms with van der Waals surface area (Å²) >= 11 is 1.16. The number of hydrogen-bond donors (Lipinski definition) is 2. The van der Waals surface area contributed by atoms with Crippen LogP contribution in [-0.2, 0) is 14.3 Å². The molecule has 0 saturated carbocycles. The number of hydrogen-bond acceptors (Lipinski definition) is 5. The molecule has 0 unspecified atom stereocenters. The Kier molecular flexibility index (Phi) is 8.48. The number of anilines is 2. The van der Waals surface area contributed by atoms with Crippen LogP contribution < -0.4 is 10.6 Å². The molecule has 0 aliphatic heterocycles.